The van der Waals surface area contributed by atoms with Crippen LogP contribution in [0.15, 0.2) is 30.5 Å². The van der Waals surface area contributed by atoms with Crippen LogP contribution in [0.1, 0.15) is 13.8 Å². The van der Waals surface area contributed by atoms with Crippen molar-refractivity contribution in [2.24, 2.45) is 5.73 Å². The maximum absolute atomic E-state index is 5.73. The van der Waals surface area contributed by atoms with Crippen LogP contribution in [-0.4, -0.2) is 16.3 Å². The van der Waals surface area contributed by atoms with E-state index in [0.717, 1.165) is 10.9 Å². The molecule has 0 spiro atoms. The van der Waals surface area contributed by atoms with Crippen LogP contribution in [-0.2, 0) is 5.54 Å². The van der Waals surface area contributed by atoms with Gasteiger partial charge in [0.05, 0.1) is 17.3 Å². The minimum absolute atomic E-state index is 0.122. The Hall–Kier alpha value is -1.35. The summed E-state index contributed by atoms with van der Waals surface area (Å²) in [6.07, 6.45) is 1.88. The molecule has 0 aliphatic rings. The molecule has 0 amide bonds. The lowest BCUT2D eigenvalue weighted by Crippen LogP contribution is -2.35. The molecule has 3 heteroatoms. The zero-order chi connectivity index (χ0) is 10.2. The Morgan fingerprint density at radius 1 is 1.36 bits per heavy atom. The average Bonchev–Trinajstić information content (AvgIpc) is 2.61. The van der Waals surface area contributed by atoms with E-state index < -0.39 is 0 Å². The maximum atomic E-state index is 5.73. The number of rotatable bonds is 2. The molecular weight excluding hydrogens is 174 g/mol. The number of nitrogens with zero attached hydrogens (tertiary/aromatic N) is 2. The van der Waals surface area contributed by atoms with E-state index in [2.05, 4.69) is 31.1 Å². The number of para-hydroxylation sites is 1. The number of benzene rings is 1. The highest BCUT2D eigenvalue weighted by Crippen LogP contribution is 2.20. The standard InChI is InChI=1S/C11H15N3/c1-11(2,8-12)14-10-6-4-3-5-9(10)7-13-14/h3-7H,8,12H2,1-2H3. The zero-order valence-corrected chi connectivity index (χ0v) is 8.57. The first-order valence-corrected chi connectivity index (χ1v) is 4.78. The van der Waals surface area contributed by atoms with Gasteiger partial charge in [-0.3, -0.25) is 4.68 Å². The van der Waals surface area contributed by atoms with Crippen LogP contribution in [0.2, 0.25) is 0 Å². The first-order chi connectivity index (χ1) is 6.65. The second-order valence-electron chi connectivity index (χ2n) is 4.13. The highest BCUT2D eigenvalue weighted by Gasteiger charge is 2.20. The van der Waals surface area contributed by atoms with Crippen LogP contribution in [0.5, 0.6) is 0 Å². The van der Waals surface area contributed by atoms with Gasteiger partial charge in [-0.25, -0.2) is 0 Å². The van der Waals surface area contributed by atoms with Crippen LogP contribution in [0.3, 0.4) is 0 Å². The van der Waals surface area contributed by atoms with Gasteiger partial charge in [0.15, 0.2) is 0 Å². The summed E-state index contributed by atoms with van der Waals surface area (Å²) in [6, 6.07) is 8.17. The molecule has 0 radical (unpaired) electrons. The molecule has 1 aromatic carbocycles. The molecule has 0 atom stereocenters. The molecule has 1 heterocycles. The summed E-state index contributed by atoms with van der Waals surface area (Å²) in [4.78, 5) is 0. The molecule has 0 saturated carbocycles. The highest BCUT2D eigenvalue weighted by molar-refractivity contribution is 5.78. The molecule has 0 unspecified atom stereocenters. The zero-order valence-electron chi connectivity index (χ0n) is 8.57. The Bertz CT molecular complexity index is 442. The summed E-state index contributed by atoms with van der Waals surface area (Å²) < 4.78 is 1.99. The molecule has 0 saturated heterocycles. The van der Waals surface area contributed by atoms with Crippen molar-refractivity contribution in [1.82, 2.24) is 9.78 Å². The average molecular weight is 189 g/mol. The lowest BCUT2D eigenvalue weighted by atomic mass is 10.1. The van der Waals surface area contributed by atoms with E-state index in [4.69, 9.17) is 5.73 Å². The van der Waals surface area contributed by atoms with Gasteiger partial charge in [0.1, 0.15) is 0 Å². The lowest BCUT2D eigenvalue weighted by molar-refractivity contribution is 0.341. The predicted octanol–water partition coefficient (Wildman–Crippen LogP) is 1.73. The van der Waals surface area contributed by atoms with E-state index in [9.17, 15) is 0 Å². The van der Waals surface area contributed by atoms with E-state index in [0.29, 0.717) is 6.54 Å². The van der Waals surface area contributed by atoms with Gasteiger partial charge in [0, 0.05) is 11.9 Å². The van der Waals surface area contributed by atoms with Crippen LogP contribution in [0.4, 0.5) is 0 Å². The maximum Gasteiger partial charge on any atom is 0.0700 e. The summed E-state index contributed by atoms with van der Waals surface area (Å²) >= 11 is 0. The number of fused-ring (bicyclic) bond motifs is 1. The van der Waals surface area contributed by atoms with Gasteiger partial charge >= 0.3 is 0 Å². The van der Waals surface area contributed by atoms with Crippen molar-refractivity contribution in [3.8, 4) is 0 Å². The summed E-state index contributed by atoms with van der Waals surface area (Å²) in [5.41, 5.74) is 6.75. The van der Waals surface area contributed by atoms with Gasteiger partial charge in [-0.2, -0.15) is 5.10 Å². The van der Waals surface area contributed by atoms with Gasteiger partial charge in [-0.1, -0.05) is 18.2 Å². The van der Waals surface area contributed by atoms with Crippen molar-refractivity contribution < 1.29 is 0 Å². The Morgan fingerprint density at radius 3 is 2.79 bits per heavy atom. The molecule has 14 heavy (non-hydrogen) atoms. The molecule has 0 bridgehead atoms. The topological polar surface area (TPSA) is 43.8 Å². The number of nitrogens with two attached hydrogens (primary N) is 1. The highest BCUT2D eigenvalue weighted by atomic mass is 15.3. The van der Waals surface area contributed by atoms with Crippen LogP contribution < -0.4 is 5.73 Å². The third kappa shape index (κ3) is 1.30. The molecule has 2 N–H and O–H groups in total. The van der Waals surface area contributed by atoms with E-state index in [-0.39, 0.29) is 5.54 Å². The fraction of sp³-hybridized carbons (Fsp3) is 0.364. The second-order valence-corrected chi connectivity index (χ2v) is 4.13. The third-order valence-corrected chi connectivity index (χ3v) is 2.55. The van der Waals surface area contributed by atoms with Crippen molar-refractivity contribution in [2.45, 2.75) is 19.4 Å². The quantitative estimate of drug-likeness (QED) is 0.781. The van der Waals surface area contributed by atoms with E-state index >= 15 is 0 Å². The molecule has 0 aliphatic heterocycles. The minimum atomic E-state index is -0.122. The second kappa shape index (κ2) is 3.10. The monoisotopic (exact) mass is 189 g/mol. The van der Waals surface area contributed by atoms with E-state index in [1.165, 1.54) is 0 Å². The Balaban J connectivity index is 2.64. The van der Waals surface area contributed by atoms with Crippen molar-refractivity contribution in [1.29, 1.82) is 0 Å². The summed E-state index contributed by atoms with van der Waals surface area (Å²) in [6.45, 7) is 4.76. The third-order valence-electron chi connectivity index (χ3n) is 2.55. The van der Waals surface area contributed by atoms with Gasteiger partial charge < -0.3 is 5.73 Å². The normalized spacial score (nSPS) is 12.2. The number of hydrogen-bond acceptors (Lipinski definition) is 2. The van der Waals surface area contributed by atoms with Crippen LogP contribution >= 0.6 is 0 Å². The predicted molar refractivity (Wildman–Crippen MR) is 58.1 cm³/mol. The van der Waals surface area contributed by atoms with Gasteiger partial charge in [-0.15, -0.1) is 0 Å². The van der Waals surface area contributed by atoms with Crippen LogP contribution in [0, 0.1) is 0 Å². The molecular formula is C11H15N3. The molecule has 3 nitrogen and oxygen atoms in total. The first-order valence-electron chi connectivity index (χ1n) is 4.78. The van der Waals surface area contributed by atoms with Crippen LogP contribution in [0.25, 0.3) is 10.9 Å². The Kier molecular flexibility index (Phi) is 2.04. The van der Waals surface area contributed by atoms with Crippen molar-refractivity contribution in [3.05, 3.63) is 30.5 Å². The van der Waals surface area contributed by atoms with E-state index in [1.807, 2.05) is 23.0 Å². The smallest absolute Gasteiger partial charge is 0.0700 e. The SMILES string of the molecule is CC(C)(CN)n1ncc2ccccc21. The molecule has 2 rings (SSSR count). The molecule has 0 fully saturated rings. The molecule has 1 aromatic heterocycles. The minimum Gasteiger partial charge on any atom is -0.328 e. The van der Waals surface area contributed by atoms with Crippen molar-refractivity contribution in [2.75, 3.05) is 6.54 Å². The number of aromatic nitrogens is 2. The Morgan fingerprint density at radius 2 is 2.07 bits per heavy atom. The lowest BCUT2D eigenvalue weighted by Gasteiger charge is -2.24. The molecule has 0 aliphatic carbocycles. The Labute approximate surface area is 83.5 Å². The largest absolute Gasteiger partial charge is 0.328 e. The van der Waals surface area contributed by atoms with Gasteiger partial charge in [0.25, 0.3) is 0 Å². The summed E-state index contributed by atoms with van der Waals surface area (Å²) in [5.74, 6) is 0. The van der Waals surface area contributed by atoms with E-state index in [1.54, 1.807) is 0 Å². The molecule has 74 valence electrons. The van der Waals surface area contributed by atoms with Gasteiger partial charge in [0.2, 0.25) is 0 Å². The number of hydrogen-bond donors (Lipinski definition) is 1. The first kappa shape index (κ1) is 9.21. The fourth-order valence-corrected chi connectivity index (χ4v) is 1.54. The van der Waals surface area contributed by atoms with Gasteiger partial charge in [-0.05, 0) is 19.9 Å². The summed E-state index contributed by atoms with van der Waals surface area (Å²) in [7, 11) is 0. The molecule has 2 aromatic rings. The fourth-order valence-electron chi connectivity index (χ4n) is 1.54. The van der Waals surface area contributed by atoms with Crippen molar-refractivity contribution in [3.63, 3.8) is 0 Å². The van der Waals surface area contributed by atoms with Crippen molar-refractivity contribution >= 4 is 10.9 Å². The summed E-state index contributed by atoms with van der Waals surface area (Å²) in [5, 5.41) is 5.54.